The van der Waals surface area contributed by atoms with Gasteiger partial charge in [-0.25, -0.2) is 0 Å². The largest absolute Gasteiger partial charge is 0.493 e. The van der Waals surface area contributed by atoms with Gasteiger partial charge in [0.1, 0.15) is 6.04 Å². The average molecular weight is 499 g/mol. The van der Waals surface area contributed by atoms with Crippen molar-refractivity contribution in [1.82, 2.24) is 10.2 Å². The van der Waals surface area contributed by atoms with E-state index in [0.29, 0.717) is 23.6 Å². The SMILES string of the molecule is COc1ccc(C(C(=O)NC2CCCC2)N(Cc2cccs2)C(=O)Cc2cccs2)cc1OC. The summed E-state index contributed by atoms with van der Waals surface area (Å²) in [5.74, 6) is 0.865. The first-order chi connectivity index (χ1) is 16.6. The van der Waals surface area contributed by atoms with Crippen LogP contribution in [0.5, 0.6) is 11.5 Å². The smallest absolute Gasteiger partial charge is 0.247 e. The van der Waals surface area contributed by atoms with Crippen LogP contribution in [-0.4, -0.2) is 37.0 Å². The van der Waals surface area contributed by atoms with E-state index in [4.69, 9.17) is 9.47 Å². The quantitative estimate of drug-likeness (QED) is 0.417. The summed E-state index contributed by atoms with van der Waals surface area (Å²) in [5.41, 5.74) is 0.698. The number of amides is 2. The van der Waals surface area contributed by atoms with Gasteiger partial charge in [0.25, 0.3) is 0 Å². The lowest BCUT2D eigenvalue weighted by atomic mass is 10.0. The fourth-order valence-corrected chi connectivity index (χ4v) is 5.80. The number of carbonyl (C=O) groups is 2. The number of rotatable bonds is 10. The fourth-order valence-electron chi connectivity index (χ4n) is 4.40. The van der Waals surface area contributed by atoms with Crippen LogP contribution in [0, 0.1) is 0 Å². The van der Waals surface area contributed by atoms with Crippen molar-refractivity contribution in [3.63, 3.8) is 0 Å². The molecule has 1 unspecified atom stereocenters. The van der Waals surface area contributed by atoms with E-state index >= 15 is 0 Å². The Morgan fingerprint density at radius 3 is 2.29 bits per heavy atom. The summed E-state index contributed by atoms with van der Waals surface area (Å²) in [6, 6.07) is 12.7. The number of hydrogen-bond acceptors (Lipinski definition) is 6. The summed E-state index contributed by atoms with van der Waals surface area (Å²) in [6.07, 6.45) is 4.42. The van der Waals surface area contributed by atoms with Crippen LogP contribution in [0.2, 0.25) is 0 Å². The van der Waals surface area contributed by atoms with E-state index in [2.05, 4.69) is 5.32 Å². The summed E-state index contributed by atoms with van der Waals surface area (Å²) in [6.45, 7) is 0.360. The molecule has 1 aliphatic rings. The van der Waals surface area contributed by atoms with Gasteiger partial charge in [0.15, 0.2) is 11.5 Å². The lowest BCUT2D eigenvalue weighted by Gasteiger charge is -2.32. The highest BCUT2D eigenvalue weighted by atomic mass is 32.1. The predicted octanol–water partition coefficient (Wildman–Crippen LogP) is 5.20. The standard InChI is InChI=1S/C26H30N2O4S2/c1-31-22-12-11-18(15-23(22)32-2)25(26(30)27-19-7-3-4-8-19)28(17-21-10-6-14-34-21)24(29)16-20-9-5-13-33-20/h5-6,9-15,19,25H,3-4,7-8,16-17H2,1-2H3,(H,27,30). The minimum Gasteiger partial charge on any atom is -0.493 e. The Balaban J connectivity index is 1.72. The zero-order valence-corrected chi connectivity index (χ0v) is 21.1. The molecule has 8 heteroatoms. The maximum Gasteiger partial charge on any atom is 0.247 e. The lowest BCUT2D eigenvalue weighted by Crippen LogP contribution is -2.46. The number of nitrogens with one attached hydrogen (secondary N) is 1. The first-order valence-corrected chi connectivity index (χ1v) is 13.2. The second-order valence-corrected chi connectivity index (χ2v) is 10.4. The molecule has 1 aromatic carbocycles. The molecule has 1 fully saturated rings. The highest BCUT2D eigenvalue weighted by molar-refractivity contribution is 7.10. The highest BCUT2D eigenvalue weighted by Crippen LogP contribution is 2.34. The van der Waals surface area contributed by atoms with Crippen LogP contribution in [0.25, 0.3) is 0 Å². The number of ether oxygens (including phenoxy) is 2. The molecule has 1 N–H and O–H groups in total. The number of thiophene rings is 2. The van der Waals surface area contributed by atoms with Crippen LogP contribution >= 0.6 is 22.7 Å². The average Bonchev–Trinajstić information content (AvgIpc) is 3.63. The van der Waals surface area contributed by atoms with Crippen LogP contribution in [0.3, 0.4) is 0 Å². The monoisotopic (exact) mass is 498 g/mol. The molecule has 1 atom stereocenters. The molecule has 6 nitrogen and oxygen atoms in total. The number of carbonyl (C=O) groups excluding carboxylic acids is 2. The Hall–Kier alpha value is -2.84. The molecule has 0 saturated heterocycles. The van der Waals surface area contributed by atoms with E-state index < -0.39 is 6.04 Å². The normalized spacial score (nSPS) is 14.5. The summed E-state index contributed by atoms with van der Waals surface area (Å²) in [7, 11) is 3.15. The van der Waals surface area contributed by atoms with Crippen LogP contribution in [0.15, 0.2) is 53.2 Å². The molecule has 0 spiro atoms. The third-order valence-electron chi connectivity index (χ3n) is 6.12. The van der Waals surface area contributed by atoms with Gasteiger partial charge in [0.2, 0.25) is 11.8 Å². The maximum atomic E-state index is 13.8. The number of methoxy groups -OCH3 is 2. The minimum absolute atomic E-state index is 0.0859. The van der Waals surface area contributed by atoms with Crippen LogP contribution in [0.4, 0.5) is 0 Å². The molecule has 4 rings (SSSR count). The zero-order chi connectivity index (χ0) is 23.9. The van der Waals surface area contributed by atoms with Gasteiger partial charge in [0, 0.05) is 15.8 Å². The molecule has 34 heavy (non-hydrogen) atoms. The van der Waals surface area contributed by atoms with Crippen LogP contribution in [-0.2, 0) is 22.6 Å². The molecule has 2 amide bonds. The molecule has 180 valence electrons. The highest BCUT2D eigenvalue weighted by Gasteiger charge is 2.34. The Kier molecular flexibility index (Phi) is 8.24. The van der Waals surface area contributed by atoms with Crippen molar-refractivity contribution in [3.05, 3.63) is 68.5 Å². The van der Waals surface area contributed by atoms with Gasteiger partial charge in [-0.2, -0.15) is 0 Å². The van der Waals surface area contributed by atoms with Crippen molar-refractivity contribution in [2.24, 2.45) is 0 Å². The van der Waals surface area contributed by atoms with Gasteiger partial charge >= 0.3 is 0 Å². The van der Waals surface area contributed by atoms with Crippen molar-refractivity contribution < 1.29 is 19.1 Å². The Labute approximate surface area is 208 Å². The molecule has 2 aromatic heterocycles. The van der Waals surface area contributed by atoms with Crippen molar-refractivity contribution in [2.45, 2.75) is 50.7 Å². The van der Waals surface area contributed by atoms with Crippen molar-refractivity contribution >= 4 is 34.5 Å². The fraction of sp³-hybridized carbons (Fsp3) is 0.385. The Morgan fingerprint density at radius 1 is 1.00 bits per heavy atom. The van der Waals surface area contributed by atoms with Crippen LogP contribution in [0.1, 0.15) is 47.0 Å². The molecule has 0 aliphatic heterocycles. The van der Waals surface area contributed by atoms with E-state index in [1.807, 2.05) is 41.1 Å². The first kappa shape index (κ1) is 24.3. The molecule has 1 aliphatic carbocycles. The molecule has 3 aromatic rings. The topological polar surface area (TPSA) is 67.9 Å². The van der Waals surface area contributed by atoms with Gasteiger partial charge < -0.3 is 19.7 Å². The molecule has 0 radical (unpaired) electrons. The molecular formula is C26H30N2O4S2. The number of hydrogen-bond donors (Lipinski definition) is 1. The third kappa shape index (κ3) is 5.80. The molecular weight excluding hydrogens is 468 g/mol. The number of benzene rings is 1. The van der Waals surface area contributed by atoms with Gasteiger partial charge in [-0.15, -0.1) is 22.7 Å². The predicted molar refractivity (Wildman–Crippen MR) is 136 cm³/mol. The zero-order valence-electron chi connectivity index (χ0n) is 19.5. The van der Waals surface area contributed by atoms with E-state index in [0.717, 1.165) is 35.4 Å². The van der Waals surface area contributed by atoms with E-state index in [1.165, 1.54) is 0 Å². The minimum atomic E-state index is -0.782. The second-order valence-electron chi connectivity index (χ2n) is 8.36. The van der Waals surface area contributed by atoms with E-state index in [1.54, 1.807) is 53.9 Å². The summed E-state index contributed by atoms with van der Waals surface area (Å²) in [5, 5.41) is 7.17. The summed E-state index contributed by atoms with van der Waals surface area (Å²) >= 11 is 3.13. The lowest BCUT2D eigenvalue weighted by molar-refractivity contribution is -0.141. The van der Waals surface area contributed by atoms with Crippen molar-refractivity contribution in [2.75, 3.05) is 14.2 Å². The second kappa shape index (κ2) is 11.5. The molecule has 1 saturated carbocycles. The number of nitrogens with zero attached hydrogens (tertiary/aromatic N) is 1. The van der Waals surface area contributed by atoms with Crippen LogP contribution < -0.4 is 14.8 Å². The third-order valence-corrected chi connectivity index (χ3v) is 7.85. The van der Waals surface area contributed by atoms with E-state index in [-0.39, 0.29) is 24.3 Å². The summed E-state index contributed by atoms with van der Waals surface area (Å²) in [4.78, 5) is 31.1. The Bertz CT molecular complexity index is 1080. The van der Waals surface area contributed by atoms with E-state index in [9.17, 15) is 9.59 Å². The maximum absolute atomic E-state index is 13.8. The van der Waals surface area contributed by atoms with Gasteiger partial charge in [0.05, 0.1) is 27.2 Å². The van der Waals surface area contributed by atoms with Gasteiger partial charge in [-0.1, -0.05) is 31.0 Å². The van der Waals surface area contributed by atoms with Gasteiger partial charge in [-0.3, -0.25) is 9.59 Å². The summed E-state index contributed by atoms with van der Waals surface area (Å²) < 4.78 is 10.9. The van der Waals surface area contributed by atoms with Crippen molar-refractivity contribution in [1.29, 1.82) is 0 Å². The van der Waals surface area contributed by atoms with Gasteiger partial charge in [-0.05, 0) is 53.4 Å². The molecule has 2 heterocycles. The molecule has 0 bridgehead atoms. The first-order valence-electron chi connectivity index (χ1n) is 11.5. The Morgan fingerprint density at radius 2 is 1.68 bits per heavy atom. The van der Waals surface area contributed by atoms with Crippen molar-refractivity contribution in [3.8, 4) is 11.5 Å².